The van der Waals surface area contributed by atoms with Crippen LogP contribution in [0.3, 0.4) is 0 Å². The van der Waals surface area contributed by atoms with E-state index in [9.17, 15) is 4.79 Å². The lowest BCUT2D eigenvalue weighted by atomic mass is 9.82. The maximum atomic E-state index is 13.2. The Balaban J connectivity index is 1.40. The summed E-state index contributed by atoms with van der Waals surface area (Å²) >= 11 is 0. The Morgan fingerprint density at radius 3 is 1.97 bits per heavy atom. The standard InChI is InChI=1S/C26H34N2O/c1-20(2)26(25(29)14-21-9-5-3-6-10-21)28-18-23-13-24(19-28)17-27(16-23)15-22-11-7-4-8-12-22/h3-12,20,23-24,26H,13-19H2,1-2H3/t23?,24?,26-/m0/s1. The van der Waals surface area contributed by atoms with Crippen LogP contribution in [0.5, 0.6) is 0 Å². The summed E-state index contributed by atoms with van der Waals surface area (Å²) in [6, 6.07) is 21.1. The van der Waals surface area contributed by atoms with Crippen LogP contribution in [0.1, 0.15) is 31.4 Å². The highest BCUT2D eigenvalue weighted by atomic mass is 16.1. The topological polar surface area (TPSA) is 23.6 Å². The normalized spacial score (nSPS) is 23.8. The minimum Gasteiger partial charge on any atom is -0.298 e. The molecule has 2 aliphatic rings. The number of carbonyl (C=O) groups is 1. The van der Waals surface area contributed by atoms with E-state index in [0.717, 1.165) is 38.3 Å². The SMILES string of the molecule is CC(C)[C@@H](C(=O)Cc1ccccc1)N1CC2CC(CN(Cc3ccccc3)C2)C1. The zero-order valence-corrected chi connectivity index (χ0v) is 17.8. The molecule has 2 bridgehead atoms. The maximum Gasteiger partial charge on any atom is 0.154 e. The second-order valence-electron chi connectivity index (χ2n) is 9.42. The summed E-state index contributed by atoms with van der Waals surface area (Å²) in [4.78, 5) is 18.4. The van der Waals surface area contributed by atoms with Gasteiger partial charge in [0.05, 0.1) is 6.04 Å². The molecule has 4 rings (SSSR count). The van der Waals surface area contributed by atoms with E-state index in [4.69, 9.17) is 0 Å². The van der Waals surface area contributed by atoms with Gasteiger partial charge in [-0.05, 0) is 35.3 Å². The summed E-state index contributed by atoms with van der Waals surface area (Å²) in [6.07, 6.45) is 1.87. The molecule has 29 heavy (non-hydrogen) atoms. The zero-order chi connectivity index (χ0) is 20.2. The summed E-state index contributed by atoms with van der Waals surface area (Å²) < 4.78 is 0. The van der Waals surface area contributed by atoms with Crippen molar-refractivity contribution in [3.63, 3.8) is 0 Å². The van der Waals surface area contributed by atoms with Crippen molar-refractivity contribution >= 4 is 5.78 Å². The van der Waals surface area contributed by atoms with Crippen LogP contribution in [-0.2, 0) is 17.8 Å². The smallest absolute Gasteiger partial charge is 0.154 e. The van der Waals surface area contributed by atoms with Gasteiger partial charge in [-0.3, -0.25) is 14.6 Å². The van der Waals surface area contributed by atoms with Crippen molar-refractivity contribution in [3.05, 3.63) is 71.8 Å². The van der Waals surface area contributed by atoms with Gasteiger partial charge < -0.3 is 0 Å². The lowest BCUT2D eigenvalue weighted by Crippen LogP contribution is -2.57. The Bertz CT molecular complexity index is 775. The molecule has 2 aromatic carbocycles. The number of hydrogen-bond donors (Lipinski definition) is 0. The number of nitrogens with zero attached hydrogens (tertiary/aromatic N) is 2. The van der Waals surface area contributed by atoms with Crippen LogP contribution in [-0.4, -0.2) is 47.8 Å². The molecule has 2 saturated heterocycles. The number of benzene rings is 2. The number of piperidine rings is 2. The van der Waals surface area contributed by atoms with Crippen molar-refractivity contribution < 1.29 is 4.79 Å². The fourth-order valence-electron chi connectivity index (χ4n) is 5.52. The van der Waals surface area contributed by atoms with Crippen molar-refractivity contribution in [1.29, 1.82) is 0 Å². The molecule has 0 aromatic heterocycles. The summed E-state index contributed by atoms with van der Waals surface area (Å²) in [5, 5.41) is 0. The summed E-state index contributed by atoms with van der Waals surface area (Å²) in [5.74, 6) is 2.09. The average Bonchev–Trinajstić information content (AvgIpc) is 2.68. The van der Waals surface area contributed by atoms with Crippen LogP contribution in [0, 0.1) is 17.8 Å². The van der Waals surface area contributed by atoms with Crippen molar-refractivity contribution in [1.82, 2.24) is 9.80 Å². The van der Waals surface area contributed by atoms with E-state index in [1.807, 2.05) is 18.2 Å². The fourth-order valence-corrected chi connectivity index (χ4v) is 5.52. The zero-order valence-electron chi connectivity index (χ0n) is 17.8. The first-order valence-electron chi connectivity index (χ1n) is 11.2. The first-order valence-corrected chi connectivity index (χ1v) is 11.2. The molecular formula is C26H34N2O. The molecule has 3 heteroatoms. The molecule has 0 N–H and O–H groups in total. The van der Waals surface area contributed by atoms with E-state index in [1.165, 1.54) is 12.0 Å². The predicted octanol–water partition coefficient (Wildman–Crippen LogP) is 4.28. The Hall–Kier alpha value is -1.97. The van der Waals surface area contributed by atoms with E-state index in [2.05, 4.69) is 66.1 Å². The molecule has 0 radical (unpaired) electrons. The molecule has 0 aliphatic carbocycles. The summed E-state index contributed by atoms with van der Waals surface area (Å²) in [7, 11) is 0. The quantitative estimate of drug-likeness (QED) is 0.705. The number of ketones is 1. The minimum atomic E-state index is 0.0428. The molecule has 3 nitrogen and oxygen atoms in total. The van der Waals surface area contributed by atoms with Gasteiger partial charge in [-0.15, -0.1) is 0 Å². The van der Waals surface area contributed by atoms with Gasteiger partial charge in [0.2, 0.25) is 0 Å². The Kier molecular flexibility index (Phi) is 6.46. The predicted molar refractivity (Wildman–Crippen MR) is 119 cm³/mol. The highest BCUT2D eigenvalue weighted by molar-refractivity contribution is 5.86. The second kappa shape index (κ2) is 9.23. The fraction of sp³-hybridized carbons (Fsp3) is 0.500. The van der Waals surface area contributed by atoms with Gasteiger partial charge >= 0.3 is 0 Å². The molecule has 2 aliphatic heterocycles. The Morgan fingerprint density at radius 1 is 0.862 bits per heavy atom. The monoisotopic (exact) mass is 390 g/mol. The van der Waals surface area contributed by atoms with E-state index in [0.29, 0.717) is 30.0 Å². The molecule has 154 valence electrons. The Morgan fingerprint density at radius 2 is 1.41 bits per heavy atom. The van der Waals surface area contributed by atoms with Gasteiger partial charge in [-0.1, -0.05) is 74.5 Å². The molecule has 0 spiro atoms. The number of Topliss-reactive ketones (excluding diaryl/α,β-unsaturated/α-hetero) is 1. The number of fused-ring (bicyclic) bond motifs is 2. The first-order chi connectivity index (χ1) is 14.1. The van der Waals surface area contributed by atoms with Gasteiger partial charge in [0.1, 0.15) is 0 Å². The summed E-state index contributed by atoms with van der Waals surface area (Å²) in [5.41, 5.74) is 2.54. The number of rotatable bonds is 7. The molecule has 0 amide bonds. The molecular weight excluding hydrogens is 356 g/mol. The molecule has 0 saturated carbocycles. The van der Waals surface area contributed by atoms with E-state index in [1.54, 1.807) is 0 Å². The number of carbonyl (C=O) groups excluding carboxylic acids is 1. The third-order valence-electron chi connectivity index (χ3n) is 6.51. The molecule has 2 aromatic rings. The van der Waals surface area contributed by atoms with E-state index >= 15 is 0 Å². The van der Waals surface area contributed by atoms with Crippen molar-refractivity contribution in [2.24, 2.45) is 17.8 Å². The van der Waals surface area contributed by atoms with E-state index in [-0.39, 0.29) is 6.04 Å². The average molecular weight is 391 g/mol. The second-order valence-corrected chi connectivity index (χ2v) is 9.42. The van der Waals surface area contributed by atoms with Gasteiger partial charge in [0.25, 0.3) is 0 Å². The molecule has 3 atom stereocenters. The van der Waals surface area contributed by atoms with Crippen LogP contribution in [0.2, 0.25) is 0 Å². The van der Waals surface area contributed by atoms with Gasteiger partial charge in [0, 0.05) is 39.1 Å². The van der Waals surface area contributed by atoms with Crippen LogP contribution in [0.25, 0.3) is 0 Å². The molecule has 2 fully saturated rings. The number of hydrogen-bond acceptors (Lipinski definition) is 3. The third kappa shape index (κ3) is 5.15. The van der Waals surface area contributed by atoms with E-state index < -0.39 is 0 Å². The largest absolute Gasteiger partial charge is 0.298 e. The number of likely N-dealkylation sites (tertiary alicyclic amines) is 2. The van der Waals surface area contributed by atoms with Gasteiger partial charge in [-0.25, -0.2) is 0 Å². The Labute approximate surface area is 175 Å². The van der Waals surface area contributed by atoms with Crippen LogP contribution in [0.15, 0.2) is 60.7 Å². The van der Waals surface area contributed by atoms with Crippen LogP contribution >= 0.6 is 0 Å². The van der Waals surface area contributed by atoms with Crippen molar-refractivity contribution in [2.75, 3.05) is 26.2 Å². The highest BCUT2D eigenvalue weighted by Gasteiger charge is 2.39. The first kappa shape index (κ1) is 20.3. The molecule has 2 unspecified atom stereocenters. The van der Waals surface area contributed by atoms with Crippen molar-refractivity contribution in [2.45, 2.75) is 39.3 Å². The van der Waals surface area contributed by atoms with Crippen LogP contribution in [0.4, 0.5) is 0 Å². The maximum absolute atomic E-state index is 13.2. The van der Waals surface area contributed by atoms with Gasteiger partial charge in [-0.2, -0.15) is 0 Å². The lowest BCUT2D eigenvalue weighted by molar-refractivity contribution is -0.127. The minimum absolute atomic E-state index is 0.0428. The summed E-state index contributed by atoms with van der Waals surface area (Å²) in [6.45, 7) is 9.89. The van der Waals surface area contributed by atoms with Crippen LogP contribution < -0.4 is 0 Å². The van der Waals surface area contributed by atoms with Gasteiger partial charge in [0.15, 0.2) is 5.78 Å². The third-order valence-corrected chi connectivity index (χ3v) is 6.51. The highest BCUT2D eigenvalue weighted by Crippen LogP contribution is 2.32. The van der Waals surface area contributed by atoms with Crippen molar-refractivity contribution in [3.8, 4) is 0 Å². The lowest BCUT2D eigenvalue weighted by Gasteiger charge is -2.48. The molecule has 2 heterocycles.